The first kappa shape index (κ1) is 14.4. The minimum Gasteiger partial charge on any atom is -0.465 e. The smallest absolute Gasteiger partial charge is 0.320 e. The highest BCUT2D eigenvalue weighted by Crippen LogP contribution is 1.93. The Labute approximate surface area is 92.5 Å². The van der Waals surface area contributed by atoms with Crippen LogP contribution in [0.25, 0.3) is 0 Å². The van der Waals surface area contributed by atoms with Crippen LogP contribution < -0.4 is 0 Å². The molecule has 0 fully saturated rings. The predicted molar refractivity (Wildman–Crippen MR) is 59.8 cm³/mol. The minimum atomic E-state index is -0.163. The minimum absolute atomic E-state index is 0.163. The fourth-order valence-corrected chi connectivity index (χ4v) is 1.16. The Hall–Kier alpha value is -0.610. The van der Waals surface area contributed by atoms with Gasteiger partial charge in [0.2, 0.25) is 0 Å². The van der Waals surface area contributed by atoms with E-state index in [4.69, 9.17) is 9.47 Å². The summed E-state index contributed by atoms with van der Waals surface area (Å²) in [6.07, 6.45) is 0.242. The molecule has 0 aliphatic rings. The molecule has 0 radical (unpaired) electrons. The Morgan fingerprint density at radius 1 is 1.33 bits per heavy atom. The first-order valence-corrected chi connectivity index (χ1v) is 5.59. The van der Waals surface area contributed by atoms with Crippen molar-refractivity contribution in [3.8, 4) is 0 Å². The van der Waals surface area contributed by atoms with Crippen LogP contribution in [0.4, 0.5) is 0 Å². The molecule has 0 aliphatic carbocycles. The fraction of sp³-hybridized carbons (Fsp3) is 0.909. The van der Waals surface area contributed by atoms with Crippen LogP contribution in [0, 0.1) is 0 Å². The van der Waals surface area contributed by atoms with E-state index in [1.54, 1.807) is 0 Å². The van der Waals surface area contributed by atoms with Gasteiger partial charge in [-0.05, 0) is 27.3 Å². The first-order chi connectivity index (χ1) is 7.10. The second-order valence-electron chi connectivity index (χ2n) is 3.59. The number of nitrogens with zero attached hydrogens (tertiary/aromatic N) is 1. The van der Waals surface area contributed by atoms with Gasteiger partial charge in [0.15, 0.2) is 0 Å². The molecule has 4 heteroatoms. The highest BCUT2D eigenvalue weighted by Gasteiger charge is 2.09. The van der Waals surface area contributed by atoms with E-state index in [1.807, 2.05) is 32.6 Å². The van der Waals surface area contributed by atoms with Gasteiger partial charge < -0.3 is 9.47 Å². The van der Waals surface area contributed by atoms with E-state index in [2.05, 4.69) is 0 Å². The summed E-state index contributed by atoms with van der Waals surface area (Å²) in [5.41, 5.74) is 0. The van der Waals surface area contributed by atoms with Gasteiger partial charge in [0, 0.05) is 6.54 Å². The summed E-state index contributed by atoms with van der Waals surface area (Å²) in [6, 6.07) is 0. The molecule has 90 valence electrons. The zero-order valence-electron chi connectivity index (χ0n) is 10.3. The molecule has 0 heterocycles. The lowest BCUT2D eigenvalue weighted by molar-refractivity contribution is -0.144. The number of hydrogen-bond donors (Lipinski definition) is 0. The quantitative estimate of drug-likeness (QED) is 0.574. The van der Waals surface area contributed by atoms with E-state index in [0.29, 0.717) is 19.8 Å². The molecular weight excluding hydrogens is 194 g/mol. The summed E-state index contributed by atoms with van der Waals surface area (Å²) in [6.45, 7) is 10.9. The van der Waals surface area contributed by atoms with Crippen molar-refractivity contribution < 1.29 is 14.3 Å². The van der Waals surface area contributed by atoms with Crippen molar-refractivity contribution in [2.75, 3.05) is 32.8 Å². The zero-order chi connectivity index (χ0) is 11.7. The van der Waals surface area contributed by atoms with E-state index in [0.717, 1.165) is 13.1 Å². The van der Waals surface area contributed by atoms with Crippen molar-refractivity contribution in [1.29, 1.82) is 0 Å². The monoisotopic (exact) mass is 217 g/mol. The normalized spacial score (nSPS) is 11.1. The van der Waals surface area contributed by atoms with E-state index in [-0.39, 0.29) is 12.1 Å². The summed E-state index contributed by atoms with van der Waals surface area (Å²) >= 11 is 0. The lowest BCUT2D eigenvalue weighted by Crippen LogP contribution is -2.34. The lowest BCUT2D eigenvalue weighted by atomic mass is 10.4. The molecule has 0 saturated heterocycles. The number of esters is 1. The van der Waals surface area contributed by atoms with E-state index in [9.17, 15) is 4.79 Å². The highest BCUT2D eigenvalue weighted by atomic mass is 16.5. The molecule has 0 unspecified atom stereocenters. The second-order valence-corrected chi connectivity index (χ2v) is 3.59. The van der Waals surface area contributed by atoms with E-state index >= 15 is 0 Å². The zero-order valence-corrected chi connectivity index (χ0v) is 10.3. The third-order valence-corrected chi connectivity index (χ3v) is 1.96. The van der Waals surface area contributed by atoms with Gasteiger partial charge >= 0.3 is 5.97 Å². The Kier molecular flexibility index (Phi) is 8.33. The molecule has 0 amide bonds. The molecule has 0 rings (SSSR count). The van der Waals surface area contributed by atoms with Gasteiger partial charge in [-0.3, -0.25) is 9.69 Å². The van der Waals surface area contributed by atoms with Gasteiger partial charge in [0.1, 0.15) is 0 Å². The van der Waals surface area contributed by atoms with Crippen LogP contribution in [0.15, 0.2) is 0 Å². The van der Waals surface area contributed by atoms with Crippen LogP contribution in [-0.2, 0) is 14.3 Å². The highest BCUT2D eigenvalue weighted by molar-refractivity contribution is 5.71. The SMILES string of the molecule is CCOC(=O)CN(CC)CCOC(C)C. The molecule has 0 N–H and O–H groups in total. The van der Waals surface area contributed by atoms with Gasteiger partial charge in [0.05, 0.1) is 25.9 Å². The number of carbonyl (C=O) groups excluding carboxylic acids is 1. The summed E-state index contributed by atoms with van der Waals surface area (Å²) in [5.74, 6) is -0.163. The lowest BCUT2D eigenvalue weighted by Gasteiger charge is -2.19. The predicted octanol–water partition coefficient (Wildman–Crippen LogP) is 1.30. The molecule has 0 aliphatic heterocycles. The number of rotatable bonds is 8. The van der Waals surface area contributed by atoms with Gasteiger partial charge in [-0.15, -0.1) is 0 Å². The number of ether oxygens (including phenoxy) is 2. The Bertz CT molecular complexity index is 171. The molecule has 0 spiro atoms. The van der Waals surface area contributed by atoms with Crippen molar-refractivity contribution in [2.24, 2.45) is 0 Å². The van der Waals surface area contributed by atoms with Gasteiger partial charge in [0.25, 0.3) is 0 Å². The van der Waals surface area contributed by atoms with Crippen LogP contribution in [-0.4, -0.2) is 49.8 Å². The van der Waals surface area contributed by atoms with E-state index in [1.165, 1.54) is 0 Å². The maximum atomic E-state index is 11.2. The largest absolute Gasteiger partial charge is 0.465 e. The molecule has 15 heavy (non-hydrogen) atoms. The number of carbonyl (C=O) groups is 1. The third kappa shape index (κ3) is 8.39. The average molecular weight is 217 g/mol. The van der Waals surface area contributed by atoms with Gasteiger partial charge in [-0.1, -0.05) is 6.92 Å². The van der Waals surface area contributed by atoms with Crippen LogP contribution in [0.2, 0.25) is 0 Å². The van der Waals surface area contributed by atoms with Gasteiger partial charge in [-0.2, -0.15) is 0 Å². The van der Waals surface area contributed by atoms with Crippen LogP contribution in [0.3, 0.4) is 0 Å². The molecule has 0 aromatic rings. The summed E-state index contributed by atoms with van der Waals surface area (Å²) in [4.78, 5) is 13.2. The second kappa shape index (κ2) is 8.68. The molecular formula is C11H23NO3. The maximum absolute atomic E-state index is 11.2. The van der Waals surface area contributed by atoms with E-state index < -0.39 is 0 Å². The average Bonchev–Trinajstić information content (AvgIpc) is 2.16. The van der Waals surface area contributed by atoms with Crippen molar-refractivity contribution in [3.05, 3.63) is 0 Å². The van der Waals surface area contributed by atoms with Crippen molar-refractivity contribution in [2.45, 2.75) is 33.8 Å². The summed E-state index contributed by atoms with van der Waals surface area (Å²) < 4.78 is 10.3. The number of hydrogen-bond acceptors (Lipinski definition) is 4. The van der Waals surface area contributed by atoms with Crippen molar-refractivity contribution in [3.63, 3.8) is 0 Å². The third-order valence-electron chi connectivity index (χ3n) is 1.96. The van der Waals surface area contributed by atoms with Crippen molar-refractivity contribution >= 4 is 5.97 Å². The maximum Gasteiger partial charge on any atom is 0.320 e. The molecule has 0 saturated carbocycles. The number of likely N-dealkylation sites (N-methyl/N-ethyl adjacent to an activating group) is 1. The summed E-state index contributed by atoms with van der Waals surface area (Å²) in [7, 11) is 0. The molecule has 0 bridgehead atoms. The van der Waals surface area contributed by atoms with Crippen LogP contribution >= 0.6 is 0 Å². The topological polar surface area (TPSA) is 38.8 Å². The van der Waals surface area contributed by atoms with Crippen LogP contribution in [0.5, 0.6) is 0 Å². The molecule has 0 atom stereocenters. The Morgan fingerprint density at radius 3 is 2.47 bits per heavy atom. The molecule has 0 aromatic heterocycles. The van der Waals surface area contributed by atoms with Gasteiger partial charge in [-0.25, -0.2) is 0 Å². The first-order valence-electron chi connectivity index (χ1n) is 5.59. The summed E-state index contributed by atoms with van der Waals surface area (Å²) in [5, 5.41) is 0. The Balaban J connectivity index is 3.67. The fourth-order valence-electron chi connectivity index (χ4n) is 1.16. The molecule has 4 nitrogen and oxygen atoms in total. The molecule has 0 aromatic carbocycles. The Morgan fingerprint density at radius 2 is 2.00 bits per heavy atom. The van der Waals surface area contributed by atoms with Crippen molar-refractivity contribution in [1.82, 2.24) is 4.90 Å². The standard InChI is InChI=1S/C11H23NO3/c1-5-12(7-8-15-10(3)4)9-11(13)14-6-2/h10H,5-9H2,1-4H3. The van der Waals surface area contributed by atoms with Crippen LogP contribution in [0.1, 0.15) is 27.7 Å².